The quantitative estimate of drug-likeness (QED) is 0.399. The molecule has 2 aliphatic rings. The molecule has 10 nitrogen and oxygen atoms in total. The Hall–Kier alpha value is -4.34. The highest BCUT2D eigenvalue weighted by atomic mass is 16.5. The van der Waals surface area contributed by atoms with Gasteiger partial charge in [-0.15, -0.1) is 0 Å². The van der Waals surface area contributed by atoms with E-state index in [1.54, 1.807) is 24.1 Å². The summed E-state index contributed by atoms with van der Waals surface area (Å²) < 4.78 is 14.0. The standard InChI is InChI=1S/C24H19N7O3/c1-30-10-26-23-21(30)24(32)31(11-27-23)9-19-28-22(29-34-19)20-16-6-15(7-17(16)20)13-3-2-4-14(5-13)18-8-25-12-33-18/h2-6,8,10-12,16-17,20H,7,9H2,1H3/t16-,17+,20+/m0/s1. The van der Waals surface area contributed by atoms with Crippen LogP contribution in [0.1, 0.15) is 29.6 Å². The summed E-state index contributed by atoms with van der Waals surface area (Å²) in [7, 11) is 1.77. The number of allylic oxidation sites excluding steroid dienone is 2. The zero-order chi connectivity index (χ0) is 22.8. The van der Waals surface area contributed by atoms with E-state index in [-0.39, 0.29) is 18.0 Å². The number of imidazole rings is 1. The summed E-state index contributed by atoms with van der Waals surface area (Å²) in [5.74, 6) is 3.01. The van der Waals surface area contributed by atoms with E-state index in [4.69, 9.17) is 8.94 Å². The molecule has 1 aromatic carbocycles. The molecule has 0 radical (unpaired) electrons. The Balaban J connectivity index is 1.09. The molecule has 5 aromatic rings. The molecule has 4 heterocycles. The minimum absolute atomic E-state index is 0.178. The van der Waals surface area contributed by atoms with Crippen LogP contribution < -0.4 is 5.56 Å². The summed E-state index contributed by atoms with van der Waals surface area (Å²) in [6, 6.07) is 8.34. The Kier molecular flexibility index (Phi) is 3.99. The van der Waals surface area contributed by atoms with Crippen molar-refractivity contribution in [3.8, 4) is 11.3 Å². The predicted octanol–water partition coefficient (Wildman–Crippen LogP) is 3.03. The van der Waals surface area contributed by atoms with Crippen molar-refractivity contribution in [1.29, 1.82) is 0 Å². The smallest absolute Gasteiger partial charge is 0.280 e. The lowest BCUT2D eigenvalue weighted by molar-refractivity contribution is 0.364. The van der Waals surface area contributed by atoms with Crippen LogP contribution in [0.5, 0.6) is 0 Å². The van der Waals surface area contributed by atoms with Gasteiger partial charge in [-0.3, -0.25) is 9.36 Å². The zero-order valence-corrected chi connectivity index (χ0v) is 18.2. The van der Waals surface area contributed by atoms with Crippen LogP contribution in [0.25, 0.3) is 28.1 Å². The molecule has 0 aliphatic heterocycles. The van der Waals surface area contributed by atoms with Crippen molar-refractivity contribution in [3.63, 3.8) is 0 Å². The summed E-state index contributed by atoms with van der Waals surface area (Å²) in [6.07, 6.45) is 9.51. The molecule has 4 aromatic heterocycles. The van der Waals surface area contributed by atoms with E-state index in [0.29, 0.717) is 34.7 Å². The van der Waals surface area contributed by atoms with Crippen molar-refractivity contribution in [1.82, 2.24) is 34.2 Å². The minimum atomic E-state index is -0.187. The van der Waals surface area contributed by atoms with Gasteiger partial charge in [0.05, 0.1) is 12.5 Å². The maximum atomic E-state index is 12.8. The molecule has 0 bridgehead atoms. The molecule has 1 fully saturated rings. The summed E-state index contributed by atoms with van der Waals surface area (Å²) >= 11 is 0. The Morgan fingerprint density at radius 3 is 2.88 bits per heavy atom. The van der Waals surface area contributed by atoms with E-state index in [0.717, 1.165) is 17.7 Å². The predicted molar refractivity (Wildman–Crippen MR) is 120 cm³/mol. The highest BCUT2D eigenvalue weighted by Crippen LogP contribution is 2.62. The van der Waals surface area contributed by atoms with Gasteiger partial charge in [0.25, 0.3) is 5.56 Å². The van der Waals surface area contributed by atoms with Crippen molar-refractivity contribution < 1.29 is 8.94 Å². The molecule has 0 unspecified atom stereocenters. The van der Waals surface area contributed by atoms with Crippen LogP contribution in [-0.4, -0.2) is 34.2 Å². The molecule has 1 saturated carbocycles. The molecular formula is C24H19N7O3. The molecule has 0 spiro atoms. The number of oxazole rings is 1. The van der Waals surface area contributed by atoms with E-state index in [1.165, 1.54) is 28.4 Å². The first-order valence-corrected chi connectivity index (χ1v) is 11.0. The number of aromatic nitrogens is 7. The third kappa shape index (κ3) is 2.95. The lowest BCUT2D eigenvalue weighted by Crippen LogP contribution is -2.22. The second-order valence-electron chi connectivity index (χ2n) is 8.86. The van der Waals surface area contributed by atoms with Gasteiger partial charge in [-0.2, -0.15) is 4.98 Å². The lowest BCUT2D eigenvalue weighted by atomic mass is 9.98. The van der Waals surface area contributed by atoms with Crippen LogP contribution in [0.2, 0.25) is 0 Å². The second-order valence-corrected chi connectivity index (χ2v) is 8.86. The van der Waals surface area contributed by atoms with Gasteiger partial charge < -0.3 is 13.5 Å². The van der Waals surface area contributed by atoms with E-state index >= 15 is 0 Å². The first-order chi connectivity index (χ1) is 16.7. The fourth-order valence-electron chi connectivity index (χ4n) is 5.05. The van der Waals surface area contributed by atoms with Crippen LogP contribution in [0, 0.1) is 11.8 Å². The van der Waals surface area contributed by atoms with E-state index in [1.807, 2.05) is 12.1 Å². The number of hydrogen-bond acceptors (Lipinski definition) is 8. The molecule has 34 heavy (non-hydrogen) atoms. The van der Waals surface area contributed by atoms with Gasteiger partial charge in [0.1, 0.15) is 12.9 Å². The van der Waals surface area contributed by atoms with E-state index < -0.39 is 0 Å². The van der Waals surface area contributed by atoms with Gasteiger partial charge in [0.2, 0.25) is 5.89 Å². The highest BCUT2D eigenvalue weighted by molar-refractivity contribution is 5.74. The molecule has 0 amide bonds. The molecule has 0 saturated heterocycles. The maximum absolute atomic E-state index is 12.8. The normalized spacial score (nSPS) is 21.1. The van der Waals surface area contributed by atoms with Crippen LogP contribution in [-0.2, 0) is 13.6 Å². The van der Waals surface area contributed by atoms with E-state index in [9.17, 15) is 4.79 Å². The lowest BCUT2D eigenvalue weighted by Gasteiger charge is -2.07. The van der Waals surface area contributed by atoms with Crippen LogP contribution in [0.4, 0.5) is 0 Å². The van der Waals surface area contributed by atoms with Gasteiger partial charge in [-0.1, -0.05) is 29.4 Å². The van der Waals surface area contributed by atoms with Crippen LogP contribution in [0.15, 0.2) is 69.3 Å². The average molecular weight is 453 g/mol. The van der Waals surface area contributed by atoms with Crippen LogP contribution >= 0.6 is 0 Å². The fourth-order valence-corrected chi connectivity index (χ4v) is 5.05. The number of fused-ring (bicyclic) bond motifs is 2. The Labute approximate surface area is 192 Å². The minimum Gasteiger partial charge on any atom is -0.444 e. The SMILES string of the molecule is Cn1cnc2ncn(Cc3nc([C@@H]4[C@H]5C=C(c6cccc(-c7cnco7)c6)C[C@H]54)no3)c(=O)c21. The summed E-state index contributed by atoms with van der Waals surface area (Å²) in [6.45, 7) is 0.178. The summed E-state index contributed by atoms with van der Waals surface area (Å²) in [5.41, 5.74) is 4.24. The van der Waals surface area contributed by atoms with Gasteiger partial charge in [0.15, 0.2) is 29.1 Å². The maximum Gasteiger partial charge on any atom is 0.280 e. The van der Waals surface area contributed by atoms with Crippen molar-refractivity contribution in [3.05, 3.63) is 83.2 Å². The van der Waals surface area contributed by atoms with Gasteiger partial charge in [0, 0.05) is 18.5 Å². The van der Waals surface area contributed by atoms with Crippen molar-refractivity contribution in [2.45, 2.75) is 18.9 Å². The zero-order valence-electron chi connectivity index (χ0n) is 18.2. The summed E-state index contributed by atoms with van der Waals surface area (Å²) in [5, 5.41) is 4.21. The molecule has 7 rings (SSSR count). The van der Waals surface area contributed by atoms with Crippen molar-refractivity contribution in [2.75, 3.05) is 0 Å². The van der Waals surface area contributed by atoms with Gasteiger partial charge in [-0.05, 0) is 35.5 Å². The first-order valence-electron chi connectivity index (χ1n) is 11.0. The van der Waals surface area contributed by atoms with Gasteiger partial charge >= 0.3 is 0 Å². The monoisotopic (exact) mass is 453 g/mol. The first kappa shape index (κ1) is 19.2. The molecule has 0 N–H and O–H groups in total. The number of rotatable bonds is 5. The Morgan fingerprint density at radius 2 is 2.06 bits per heavy atom. The average Bonchev–Trinajstić information content (AvgIpc) is 3.47. The molecule has 3 atom stereocenters. The number of benzene rings is 1. The van der Waals surface area contributed by atoms with E-state index in [2.05, 4.69) is 43.3 Å². The Morgan fingerprint density at radius 1 is 1.18 bits per heavy atom. The molecule has 10 heteroatoms. The third-order valence-corrected chi connectivity index (χ3v) is 6.82. The van der Waals surface area contributed by atoms with Crippen molar-refractivity contribution in [2.24, 2.45) is 18.9 Å². The number of hydrogen-bond donors (Lipinski definition) is 0. The van der Waals surface area contributed by atoms with Crippen molar-refractivity contribution >= 4 is 16.7 Å². The highest BCUT2D eigenvalue weighted by Gasteiger charge is 2.55. The molecular weight excluding hydrogens is 434 g/mol. The van der Waals surface area contributed by atoms with Gasteiger partial charge in [-0.25, -0.2) is 15.0 Å². The fraction of sp³-hybridized carbons (Fsp3) is 0.250. The largest absolute Gasteiger partial charge is 0.444 e. The second kappa shape index (κ2) is 7.08. The number of aryl methyl sites for hydroxylation is 1. The summed E-state index contributed by atoms with van der Waals surface area (Å²) in [4.78, 5) is 29.7. The Bertz CT molecular complexity index is 1630. The third-order valence-electron chi connectivity index (χ3n) is 6.82. The van der Waals surface area contributed by atoms with Crippen LogP contribution in [0.3, 0.4) is 0 Å². The number of nitrogens with zero attached hydrogens (tertiary/aromatic N) is 7. The molecule has 168 valence electrons. The molecule has 2 aliphatic carbocycles. The topological polar surface area (TPSA) is 118 Å².